The van der Waals surface area contributed by atoms with E-state index in [9.17, 15) is 4.79 Å². The second kappa shape index (κ2) is 2.96. The van der Waals surface area contributed by atoms with Crippen molar-refractivity contribution in [3.8, 4) is 0 Å². The third kappa shape index (κ3) is 1.69. The van der Waals surface area contributed by atoms with Crippen LogP contribution in [0.25, 0.3) is 0 Å². The van der Waals surface area contributed by atoms with Gasteiger partial charge in [0.15, 0.2) is 0 Å². The Kier molecular flexibility index (Phi) is 2.04. The molecule has 0 aromatic rings. The summed E-state index contributed by atoms with van der Waals surface area (Å²) in [7, 11) is 0. The average Bonchev–Trinajstić information content (AvgIpc) is 2.86. The lowest BCUT2D eigenvalue weighted by Gasteiger charge is -2.38. The number of rotatable bonds is 2. The Bertz CT molecular complexity index is 227. The maximum atomic E-state index is 11.1. The van der Waals surface area contributed by atoms with Crippen LogP contribution in [-0.2, 0) is 4.79 Å². The fourth-order valence-corrected chi connectivity index (χ4v) is 2.07. The molecule has 2 aliphatic rings. The number of nitrogens with zero attached hydrogens (tertiary/aromatic N) is 1. The summed E-state index contributed by atoms with van der Waals surface area (Å²) in [6.07, 6.45) is 4.26. The van der Waals surface area contributed by atoms with Crippen LogP contribution in [0.2, 0.25) is 0 Å². The first-order valence-corrected chi connectivity index (χ1v) is 4.95. The lowest BCUT2D eigenvalue weighted by molar-refractivity contribution is -0.125. The maximum absolute atomic E-state index is 11.1. The van der Waals surface area contributed by atoms with E-state index < -0.39 is 5.54 Å². The molecule has 1 amide bonds. The van der Waals surface area contributed by atoms with Crippen LogP contribution in [0.5, 0.6) is 0 Å². The van der Waals surface area contributed by atoms with E-state index in [1.165, 1.54) is 12.8 Å². The quantitative estimate of drug-likeness (QED) is 0.602. The van der Waals surface area contributed by atoms with E-state index in [2.05, 4.69) is 4.90 Å². The predicted octanol–water partition coefficient (Wildman–Crippen LogP) is -0.573. The Morgan fingerprint density at radius 2 is 2.15 bits per heavy atom. The molecule has 13 heavy (non-hydrogen) atoms. The van der Waals surface area contributed by atoms with Crippen molar-refractivity contribution < 1.29 is 4.79 Å². The summed E-state index contributed by atoms with van der Waals surface area (Å²) in [5.74, 6) is -0.349. The largest absolute Gasteiger partial charge is 0.368 e. The van der Waals surface area contributed by atoms with Crippen molar-refractivity contribution in [1.82, 2.24) is 4.90 Å². The molecular formula is C9H17N3O. The van der Waals surface area contributed by atoms with Gasteiger partial charge in [-0.05, 0) is 32.2 Å². The molecule has 1 aliphatic carbocycles. The highest BCUT2D eigenvalue weighted by Crippen LogP contribution is 2.31. The third-order valence-corrected chi connectivity index (χ3v) is 3.11. The summed E-state index contributed by atoms with van der Waals surface area (Å²) in [5, 5.41) is 0. The first-order valence-electron chi connectivity index (χ1n) is 4.95. The van der Waals surface area contributed by atoms with Gasteiger partial charge in [0, 0.05) is 12.6 Å². The minimum atomic E-state index is -0.763. The second-order valence-electron chi connectivity index (χ2n) is 4.33. The van der Waals surface area contributed by atoms with E-state index in [1.54, 1.807) is 0 Å². The van der Waals surface area contributed by atoms with Crippen LogP contribution < -0.4 is 11.5 Å². The predicted molar refractivity (Wildman–Crippen MR) is 49.9 cm³/mol. The molecule has 2 fully saturated rings. The van der Waals surface area contributed by atoms with Gasteiger partial charge in [-0.3, -0.25) is 9.69 Å². The normalized spacial score (nSPS) is 36.1. The Morgan fingerprint density at radius 3 is 2.69 bits per heavy atom. The molecule has 4 N–H and O–H groups in total. The topological polar surface area (TPSA) is 72.3 Å². The maximum Gasteiger partial charge on any atom is 0.238 e. The van der Waals surface area contributed by atoms with E-state index in [4.69, 9.17) is 11.5 Å². The van der Waals surface area contributed by atoms with Gasteiger partial charge in [-0.1, -0.05) is 0 Å². The van der Waals surface area contributed by atoms with Gasteiger partial charge in [-0.25, -0.2) is 0 Å². The van der Waals surface area contributed by atoms with Crippen molar-refractivity contribution in [2.75, 3.05) is 13.1 Å². The Labute approximate surface area is 78.2 Å². The summed E-state index contributed by atoms with van der Waals surface area (Å²) in [6, 6.07) is 0.683. The number of hydrogen-bond acceptors (Lipinski definition) is 3. The van der Waals surface area contributed by atoms with Crippen LogP contribution >= 0.6 is 0 Å². The molecular weight excluding hydrogens is 166 g/mol. The van der Waals surface area contributed by atoms with Gasteiger partial charge in [0.1, 0.15) is 5.54 Å². The number of primary amides is 1. The highest BCUT2D eigenvalue weighted by atomic mass is 16.1. The number of piperidine rings is 1. The summed E-state index contributed by atoms with van der Waals surface area (Å²) >= 11 is 0. The third-order valence-electron chi connectivity index (χ3n) is 3.11. The molecule has 0 bridgehead atoms. The monoisotopic (exact) mass is 183 g/mol. The number of nitrogens with two attached hydrogens (primary N) is 2. The minimum Gasteiger partial charge on any atom is -0.368 e. The molecule has 0 radical (unpaired) electrons. The van der Waals surface area contributed by atoms with Crippen LogP contribution in [0.1, 0.15) is 25.7 Å². The summed E-state index contributed by atoms with van der Waals surface area (Å²) in [4.78, 5) is 13.4. The molecule has 1 saturated carbocycles. The lowest BCUT2D eigenvalue weighted by atomic mass is 9.89. The molecule has 2 rings (SSSR count). The van der Waals surface area contributed by atoms with Crippen LogP contribution in [0, 0.1) is 0 Å². The lowest BCUT2D eigenvalue weighted by Crippen LogP contribution is -2.62. The summed E-state index contributed by atoms with van der Waals surface area (Å²) in [6.45, 7) is 1.74. The van der Waals surface area contributed by atoms with Crippen molar-refractivity contribution in [2.45, 2.75) is 37.3 Å². The zero-order chi connectivity index (χ0) is 9.47. The number of carbonyl (C=O) groups is 1. The SMILES string of the molecule is NC(=O)C1(N)CCCN(C2CC2)C1. The van der Waals surface area contributed by atoms with Gasteiger partial charge in [-0.15, -0.1) is 0 Å². The Balaban J connectivity index is 2.01. The van der Waals surface area contributed by atoms with Gasteiger partial charge >= 0.3 is 0 Å². The number of amides is 1. The number of carbonyl (C=O) groups excluding carboxylic acids is 1. The van der Waals surface area contributed by atoms with Crippen molar-refractivity contribution in [1.29, 1.82) is 0 Å². The molecule has 0 spiro atoms. The Hall–Kier alpha value is -0.610. The molecule has 1 aliphatic heterocycles. The second-order valence-corrected chi connectivity index (χ2v) is 4.33. The molecule has 1 heterocycles. The molecule has 0 aromatic carbocycles. The minimum absolute atomic E-state index is 0.349. The molecule has 1 saturated heterocycles. The smallest absolute Gasteiger partial charge is 0.238 e. The van der Waals surface area contributed by atoms with E-state index in [0.29, 0.717) is 12.6 Å². The van der Waals surface area contributed by atoms with Crippen LogP contribution in [0.3, 0.4) is 0 Å². The van der Waals surface area contributed by atoms with Gasteiger partial charge in [0.05, 0.1) is 0 Å². The van der Waals surface area contributed by atoms with Gasteiger partial charge in [0.2, 0.25) is 5.91 Å². The average molecular weight is 183 g/mol. The zero-order valence-corrected chi connectivity index (χ0v) is 7.83. The van der Waals surface area contributed by atoms with E-state index in [-0.39, 0.29) is 5.91 Å². The number of likely N-dealkylation sites (tertiary alicyclic amines) is 1. The van der Waals surface area contributed by atoms with Crippen molar-refractivity contribution >= 4 is 5.91 Å². The van der Waals surface area contributed by atoms with Crippen molar-refractivity contribution in [3.63, 3.8) is 0 Å². The van der Waals surface area contributed by atoms with E-state index in [0.717, 1.165) is 19.4 Å². The van der Waals surface area contributed by atoms with Crippen molar-refractivity contribution in [2.24, 2.45) is 11.5 Å². The molecule has 74 valence electrons. The first-order chi connectivity index (χ1) is 6.12. The molecule has 4 heteroatoms. The molecule has 1 atom stereocenters. The van der Waals surface area contributed by atoms with Crippen LogP contribution in [0.15, 0.2) is 0 Å². The standard InChI is InChI=1S/C9H17N3O/c10-8(13)9(11)4-1-5-12(6-9)7-2-3-7/h7H,1-6,11H2,(H2,10,13). The zero-order valence-electron chi connectivity index (χ0n) is 7.83. The van der Waals surface area contributed by atoms with Crippen LogP contribution in [0.4, 0.5) is 0 Å². The molecule has 1 unspecified atom stereocenters. The fraction of sp³-hybridized carbons (Fsp3) is 0.889. The van der Waals surface area contributed by atoms with E-state index >= 15 is 0 Å². The van der Waals surface area contributed by atoms with Crippen LogP contribution in [-0.4, -0.2) is 35.5 Å². The summed E-state index contributed by atoms with van der Waals surface area (Å²) in [5.41, 5.74) is 10.5. The van der Waals surface area contributed by atoms with Gasteiger partial charge in [0.25, 0.3) is 0 Å². The molecule has 0 aromatic heterocycles. The molecule has 4 nitrogen and oxygen atoms in total. The first kappa shape index (κ1) is 8.97. The highest BCUT2D eigenvalue weighted by molar-refractivity contribution is 5.84. The summed E-state index contributed by atoms with van der Waals surface area (Å²) < 4.78 is 0. The van der Waals surface area contributed by atoms with Crippen molar-refractivity contribution in [3.05, 3.63) is 0 Å². The highest BCUT2D eigenvalue weighted by Gasteiger charge is 2.41. The van der Waals surface area contributed by atoms with Gasteiger partial charge < -0.3 is 11.5 Å². The Morgan fingerprint density at radius 1 is 1.46 bits per heavy atom. The van der Waals surface area contributed by atoms with Gasteiger partial charge in [-0.2, -0.15) is 0 Å². The fourth-order valence-electron chi connectivity index (χ4n) is 2.07. The van der Waals surface area contributed by atoms with E-state index in [1.807, 2.05) is 0 Å². The number of hydrogen-bond donors (Lipinski definition) is 2.